The minimum Gasteiger partial charge on any atom is -0.493 e. The Morgan fingerprint density at radius 1 is 1.30 bits per heavy atom. The molecular weight excluding hydrogens is 402 g/mol. The molecule has 0 aliphatic heterocycles. The number of fused-ring (bicyclic) bond motifs is 1. The molecule has 1 aliphatic carbocycles. The molecule has 3 aromatic rings. The number of carbonyl (C=O) groups is 1. The van der Waals surface area contributed by atoms with E-state index >= 15 is 0 Å². The van der Waals surface area contributed by atoms with Gasteiger partial charge in [-0.25, -0.2) is 0 Å². The van der Waals surface area contributed by atoms with E-state index in [4.69, 9.17) is 28.2 Å². The molecule has 0 bridgehead atoms. The lowest BCUT2D eigenvalue weighted by atomic mass is 10.1. The number of benzene rings is 1. The van der Waals surface area contributed by atoms with Gasteiger partial charge in [-0.3, -0.25) is 9.36 Å². The number of thiazole rings is 1. The van der Waals surface area contributed by atoms with Crippen LogP contribution in [0.5, 0.6) is 5.88 Å². The van der Waals surface area contributed by atoms with Crippen LogP contribution in [0.15, 0.2) is 40.8 Å². The number of furan rings is 1. The molecule has 1 N–H and O–H groups in total. The number of aromatic hydroxyl groups is 1. The fourth-order valence-corrected chi connectivity index (χ4v) is 4.64. The fraction of sp³-hybridized carbons (Fsp3) is 0.100. The van der Waals surface area contributed by atoms with Crippen molar-refractivity contribution < 1.29 is 14.3 Å². The Morgan fingerprint density at radius 3 is 2.78 bits per heavy atom. The van der Waals surface area contributed by atoms with Crippen LogP contribution in [-0.2, 0) is 4.79 Å². The minimum absolute atomic E-state index is 0.0578. The van der Waals surface area contributed by atoms with Crippen LogP contribution < -0.4 is 10.8 Å². The molecule has 1 atom stereocenters. The Hall–Kier alpha value is -2.41. The zero-order chi connectivity index (χ0) is 19.1. The van der Waals surface area contributed by atoms with E-state index in [1.807, 2.05) is 37.3 Å². The van der Waals surface area contributed by atoms with Crippen LogP contribution in [0.3, 0.4) is 0 Å². The van der Waals surface area contributed by atoms with Gasteiger partial charge in [0, 0.05) is 17.7 Å². The largest absolute Gasteiger partial charge is 0.493 e. The molecule has 0 saturated heterocycles. The van der Waals surface area contributed by atoms with Gasteiger partial charge in [-0.05, 0) is 36.9 Å². The summed E-state index contributed by atoms with van der Waals surface area (Å²) in [7, 11) is 0. The molecule has 27 heavy (non-hydrogen) atoms. The van der Waals surface area contributed by atoms with E-state index in [2.05, 4.69) is 0 Å². The van der Waals surface area contributed by atoms with Gasteiger partial charge in [0.1, 0.15) is 10.8 Å². The monoisotopic (exact) mass is 415 g/mol. The molecule has 0 saturated carbocycles. The SMILES string of the molecule is C[C@@H](c1ccccc1)n1c(O)c(C=c2oc3c(c2Cl)C=CC(=O)C=3)sc1=S. The molecule has 136 valence electrons. The Morgan fingerprint density at radius 2 is 2.04 bits per heavy atom. The highest BCUT2D eigenvalue weighted by atomic mass is 35.5. The van der Waals surface area contributed by atoms with Gasteiger partial charge in [0.15, 0.2) is 9.74 Å². The van der Waals surface area contributed by atoms with Crippen LogP contribution in [-0.4, -0.2) is 15.5 Å². The molecular formula is C20H14ClNO3S2. The third-order valence-corrected chi connectivity index (χ3v) is 6.13. The van der Waals surface area contributed by atoms with E-state index in [0.717, 1.165) is 5.56 Å². The topological polar surface area (TPSA) is 55.4 Å². The molecule has 0 fully saturated rings. The normalized spacial score (nSPS) is 14.9. The first-order valence-electron chi connectivity index (χ1n) is 8.18. The zero-order valence-corrected chi connectivity index (χ0v) is 16.6. The van der Waals surface area contributed by atoms with Gasteiger partial charge in [0.2, 0.25) is 5.88 Å². The maximum absolute atomic E-state index is 11.5. The molecule has 1 aromatic carbocycles. The molecule has 0 spiro atoms. The summed E-state index contributed by atoms with van der Waals surface area (Å²) in [5.41, 5.74) is 2.49. The van der Waals surface area contributed by atoms with Gasteiger partial charge >= 0.3 is 0 Å². The number of halogens is 1. The number of aromatic nitrogens is 1. The molecule has 1 aliphatic rings. The molecule has 4 rings (SSSR count). The minimum atomic E-state index is -0.152. The van der Waals surface area contributed by atoms with Crippen molar-refractivity contribution >= 4 is 59.2 Å². The quantitative estimate of drug-likeness (QED) is 0.656. The number of carbonyl (C=O) groups excluding carboxylic acids is 1. The van der Waals surface area contributed by atoms with Crippen molar-refractivity contribution in [1.82, 2.24) is 4.57 Å². The number of rotatable bonds is 3. The van der Waals surface area contributed by atoms with Crippen LogP contribution in [0.2, 0.25) is 5.02 Å². The second-order valence-corrected chi connectivity index (χ2v) is 8.15. The lowest BCUT2D eigenvalue weighted by Gasteiger charge is -2.14. The zero-order valence-electron chi connectivity index (χ0n) is 14.2. The molecule has 4 nitrogen and oxygen atoms in total. The van der Waals surface area contributed by atoms with Gasteiger partial charge in [-0.1, -0.05) is 41.9 Å². The standard InChI is InChI=1S/C20H14ClNO3S2/c1-11(12-5-3-2-4-6-12)22-19(24)17(27-20(22)26)10-16-18(21)14-8-7-13(23)9-15(14)25-16/h2-11,24H,1H3/t11-/m0/s1. The van der Waals surface area contributed by atoms with Crippen molar-refractivity contribution in [3.8, 4) is 5.88 Å². The van der Waals surface area contributed by atoms with Crippen molar-refractivity contribution in [2.24, 2.45) is 0 Å². The van der Waals surface area contributed by atoms with E-state index in [0.29, 0.717) is 30.2 Å². The number of nitrogens with zero attached hydrogens (tertiary/aromatic N) is 1. The van der Waals surface area contributed by atoms with Gasteiger partial charge in [0.25, 0.3) is 0 Å². The van der Waals surface area contributed by atoms with Gasteiger partial charge in [-0.15, -0.1) is 11.3 Å². The number of ketones is 1. The van der Waals surface area contributed by atoms with Crippen molar-refractivity contribution in [2.75, 3.05) is 0 Å². The first kappa shape index (κ1) is 18.0. The van der Waals surface area contributed by atoms with E-state index < -0.39 is 0 Å². The second kappa shape index (κ2) is 6.96. The predicted octanol–water partition coefficient (Wildman–Crippen LogP) is 4.05. The van der Waals surface area contributed by atoms with Crippen LogP contribution in [0.4, 0.5) is 0 Å². The first-order chi connectivity index (χ1) is 13.0. The number of hydrogen-bond acceptors (Lipinski definition) is 5. The van der Waals surface area contributed by atoms with Crippen LogP contribution in [0, 0.1) is 3.95 Å². The Kier molecular flexibility index (Phi) is 4.63. The van der Waals surface area contributed by atoms with Crippen molar-refractivity contribution in [3.63, 3.8) is 0 Å². The van der Waals surface area contributed by atoms with E-state index in [1.165, 1.54) is 23.5 Å². The van der Waals surface area contributed by atoms with Crippen LogP contribution in [0.25, 0.3) is 18.2 Å². The highest BCUT2D eigenvalue weighted by Gasteiger charge is 2.18. The molecule has 2 aromatic heterocycles. The van der Waals surface area contributed by atoms with Crippen molar-refractivity contribution in [2.45, 2.75) is 13.0 Å². The number of allylic oxidation sites excluding steroid dienone is 1. The second-order valence-electron chi connectivity index (χ2n) is 6.10. The molecule has 0 amide bonds. The highest BCUT2D eigenvalue weighted by molar-refractivity contribution is 7.73. The lowest BCUT2D eigenvalue weighted by Crippen LogP contribution is -2.08. The predicted molar refractivity (Wildman–Crippen MR) is 110 cm³/mol. The average molecular weight is 416 g/mol. The third-order valence-electron chi connectivity index (χ3n) is 4.40. The molecule has 7 heteroatoms. The van der Waals surface area contributed by atoms with Crippen molar-refractivity contribution in [3.05, 3.63) is 72.2 Å². The summed E-state index contributed by atoms with van der Waals surface area (Å²) in [5.74, 6) is -0.0943. The summed E-state index contributed by atoms with van der Waals surface area (Å²) >= 11 is 13.1. The summed E-state index contributed by atoms with van der Waals surface area (Å²) in [4.78, 5) is 12.1. The first-order valence-corrected chi connectivity index (χ1v) is 9.79. The van der Waals surface area contributed by atoms with Gasteiger partial charge < -0.3 is 9.52 Å². The van der Waals surface area contributed by atoms with Gasteiger partial charge in [0.05, 0.1) is 15.9 Å². The summed E-state index contributed by atoms with van der Waals surface area (Å²) in [6, 6.07) is 9.70. The lowest BCUT2D eigenvalue weighted by molar-refractivity contribution is -0.109. The molecule has 2 heterocycles. The van der Waals surface area contributed by atoms with Gasteiger partial charge in [-0.2, -0.15) is 0 Å². The van der Waals surface area contributed by atoms with Crippen molar-refractivity contribution in [1.29, 1.82) is 0 Å². The summed E-state index contributed by atoms with van der Waals surface area (Å²) < 4.78 is 7.95. The molecule has 0 radical (unpaired) electrons. The third kappa shape index (κ3) is 3.20. The Labute approximate surface area is 169 Å². The Balaban J connectivity index is 1.83. The average Bonchev–Trinajstić information content (AvgIpc) is 3.11. The number of hydrogen-bond donors (Lipinski definition) is 1. The summed E-state index contributed by atoms with van der Waals surface area (Å²) in [6.45, 7) is 1.98. The van der Waals surface area contributed by atoms with E-state index in [-0.39, 0.29) is 17.7 Å². The maximum Gasteiger partial charge on any atom is 0.211 e. The van der Waals surface area contributed by atoms with E-state index in [9.17, 15) is 9.90 Å². The fourth-order valence-electron chi connectivity index (χ4n) is 2.99. The summed E-state index contributed by atoms with van der Waals surface area (Å²) in [6.07, 6.45) is 6.11. The van der Waals surface area contributed by atoms with Crippen LogP contribution in [0.1, 0.15) is 29.0 Å². The smallest absolute Gasteiger partial charge is 0.211 e. The van der Waals surface area contributed by atoms with Crippen LogP contribution >= 0.6 is 35.2 Å². The maximum atomic E-state index is 11.5. The Bertz CT molecular complexity index is 1250. The van der Waals surface area contributed by atoms with E-state index in [1.54, 1.807) is 16.7 Å². The highest BCUT2D eigenvalue weighted by Crippen LogP contribution is 2.33. The summed E-state index contributed by atoms with van der Waals surface area (Å²) in [5, 5.41) is 11.1. The molecule has 0 unspecified atom stereocenters.